The highest BCUT2D eigenvalue weighted by atomic mass is 19.1. The Kier molecular flexibility index (Phi) is 5.44. The van der Waals surface area contributed by atoms with Crippen LogP contribution in [0.5, 0.6) is 0 Å². The summed E-state index contributed by atoms with van der Waals surface area (Å²) in [6.07, 6.45) is 4.29. The summed E-state index contributed by atoms with van der Waals surface area (Å²) in [6, 6.07) is 13.8. The maximum absolute atomic E-state index is 14.0. The molecular weight excluding hydrogens is 358 g/mol. The molecule has 28 heavy (non-hydrogen) atoms. The van der Waals surface area contributed by atoms with E-state index in [2.05, 4.69) is 21.9 Å². The van der Waals surface area contributed by atoms with E-state index in [1.165, 1.54) is 12.1 Å². The van der Waals surface area contributed by atoms with Crippen LogP contribution >= 0.6 is 0 Å². The fourth-order valence-corrected chi connectivity index (χ4v) is 4.71. The topological polar surface area (TPSA) is 23.6 Å². The van der Waals surface area contributed by atoms with Gasteiger partial charge in [0, 0.05) is 37.2 Å². The van der Waals surface area contributed by atoms with Gasteiger partial charge < -0.3 is 4.90 Å². The Morgan fingerprint density at radius 3 is 2.57 bits per heavy atom. The molecule has 2 fully saturated rings. The molecule has 148 valence electrons. The molecule has 3 nitrogen and oxygen atoms in total. The molecule has 0 N–H and O–H groups in total. The van der Waals surface area contributed by atoms with E-state index in [1.54, 1.807) is 0 Å². The fraction of sp³-hybridized carbons (Fsp3) is 0.435. The van der Waals surface area contributed by atoms with Crippen LogP contribution in [-0.4, -0.2) is 34.3 Å². The summed E-state index contributed by atoms with van der Waals surface area (Å²) >= 11 is 0. The van der Waals surface area contributed by atoms with Crippen LogP contribution in [0.4, 0.5) is 8.78 Å². The molecular formula is C23H26F2N2O. The van der Waals surface area contributed by atoms with Gasteiger partial charge in [-0.05, 0) is 56.0 Å². The number of hydrogen-bond acceptors (Lipinski definition) is 2. The number of benzene rings is 2. The van der Waals surface area contributed by atoms with Crippen LogP contribution in [0, 0.1) is 11.6 Å². The molecule has 0 radical (unpaired) electrons. The van der Waals surface area contributed by atoms with Crippen LogP contribution in [-0.2, 0) is 17.9 Å². The Hall–Kier alpha value is -2.27. The van der Waals surface area contributed by atoms with Gasteiger partial charge in [-0.25, -0.2) is 8.78 Å². The fourth-order valence-electron chi connectivity index (χ4n) is 4.71. The Bertz CT molecular complexity index is 842. The Morgan fingerprint density at radius 1 is 0.929 bits per heavy atom. The predicted molar refractivity (Wildman–Crippen MR) is 104 cm³/mol. The van der Waals surface area contributed by atoms with E-state index in [0.29, 0.717) is 25.1 Å². The molecule has 0 saturated carbocycles. The van der Waals surface area contributed by atoms with Crippen molar-refractivity contribution in [1.29, 1.82) is 0 Å². The van der Waals surface area contributed by atoms with Crippen molar-refractivity contribution in [2.45, 2.75) is 50.7 Å². The molecule has 2 aliphatic heterocycles. The monoisotopic (exact) mass is 384 g/mol. The third kappa shape index (κ3) is 3.95. The summed E-state index contributed by atoms with van der Waals surface area (Å²) in [6.45, 7) is 2.68. The van der Waals surface area contributed by atoms with Gasteiger partial charge in [0.25, 0.3) is 0 Å². The zero-order valence-corrected chi connectivity index (χ0v) is 16.0. The second-order valence-corrected chi connectivity index (χ2v) is 8.06. The highest BCUT2D eigenvalue weighted by Gasteiger charge is 2.45. The van der Waals surface area contributed by atoms with Gasteiger partial charge in [-0.2, -0.15) is 0 Å². The van der Waals surface area contributed by atoms with Crippen molar-refractivity contribution < 1.29 is 13.6 Å². The molecule has 2 aromatic carbocycles. The van der Waals surface area contributed by atoms with Crippen molar-refractivity contribution in [2.24, 2.45) is 0 Å². The number of nitrogens with zero attached hydrogens (tertiary/aromatic N) is 2. The molecule has 2 saturated heterocycles. The summed E-state index contributed by atoms with van der Waals surface area (Å²) < 4.78 is 27.5. The zero-order chi connectivity index (χ0) is 19.6. The number of carbonyl (C=O) groups is 1. The summed E-state index contributed by atoms with van der Waals surface area (Å²) in [5, 5.41) is 0. The lowest BCUT2D eigenvalue weighted by Crippen LogP contribution is -2.45. The summed E-state index contributed by atoms with van der Waals surface area (Å²) in [4.78, 5) is 16.9. The lowest BCUT2D eigenvalue weighted by molar-refractivity contribution is -0.132. The highest BCUT2D eigenvalue weighted by Crippen LogP contribution is 2.40. The van der Waals surface area contributed by atoms with E-state index in [0.717, 1.165) is 50.4 Å². The number of halogens is 2. The maximum atomic E-state index is 14.0. The second kappa shape index (κ2) is 8.00. The van der Waals surface area contributed by atoms with Gasteiger partial charge >= 0.3 is 0 Å². The average molecular weight is 384 g/mol. The lowest BCUT2D eigenvalue weighted by Gasteiger charge is -2.38. The van der Waals surface area contributed by atoms with Crippen molar-refractivity contribution in [1.82, 2.24) is 9.80 Å². The molecule has 4 rings (SSSR count). The first kappa shape index (κ1) is 19.1. The molecule has 2 heterocycles. The van der Waals surface area contributed by atoms with Gasteiger partial charge in [0.2, 0.25) is 5.91 Å². The molecule has 0 bridgehead atoms. The minimum Gasteiger partial charge on any atom is -0.333 e. The van der Waals surface area contributed by atoms with Crippen molar-refractivity contribution in [3.63, 3.8) is 0 Å². The van der Waals surface area contributed by atoms with Gasteiger partial charge in [0.05, 0.1) is 0 Å². The van der Waals surface area contributed by atoms with Gasteiger partial charge in [0.1, 0.15) is 11.6 Å². The molecule has 0 unspecified atom stereocenters. The maximum Gasteiger partial charge on any atom is 0.223 e. The standard InChI is InChI=1S/C23H26F2N2O/c24-20-7-8-21(25)19(15-20)17-26-13-4-10-23(12-14-26)11-9-22(28)27(23)16-18-5-2-1-3-6-18/h1-3,5-8,15H,4,9-14,16-17H2/t23-/m0/s1. The molecule has 5 heteroatoms. The van der Waals surface area contributed by atoms with E-state index in [1.807, 2.05) is 18.2 Å². The first-order valence-electron chi connectivity index (χ1n) is 10.1. The van der Waals surface area contributed by atoms with Crippen LogP contribution < -0.4 is 0 Å². The Balaban J connectivity index is 1.47. The van der Waals surface area contributed by atoms with Crippen molar-refractivity contribution >= 4 is 5.91 Å². The SMILES string of the molecule is O=C1CC[C@]2(CCCN(Cc3cc(F)ccc3F)CC2)N1Cc1ccccc1. The first-order chi connectivity index (χ1) is 13.6. The normalized spacial score (nSPS) is 23.4. The van der Waals surface area contributed by atoms with E-state index in [4.69, 9.17) is 0 Å². The number of carbonyl (C=O) groups excluding carboxylic acids is 1. The minimum atomic E-state index is -0.405. The average Bonchev–Trinajstić information content (AvgIpc) is 2.87. The lowest BCUT2D eigenvalue weighted by atomic mass is 9.87. The van der Waals surface area contributed by atoms with Crippen LogP contribution in [0.3, 0.4) is 0 Å². The third-order valence-electron chi connectivity index (χ3n) is 6.27. The van der Waals surface area contributed by atoms with Gasteiger partial charge in [-0.1, -0.05) is 30.3 Å². The number of hydrogen-bond donors (Lipinski definition) is 0. The zero-order valence-electron chi connectivity index (χ0n) is 16.0. The van der Waals surface area contributed by atoms with Crippen LogP contribution in [0.1, 0.15) is 43.2 Å². The highest BCUT2D eigenvalue weighted by molar-refractivity contribution is 5.79. The molecule has 1 atom stereocenters. The van der Waals surface area contributed by atoms with Crippen molar-refractivity contribution in [3.05, 3.63) is 71.3 Å². The van der Waals surface area contributed by atoms with Crippen LogP contribution in [0.25, 0.3) is 0 Å². The molecule has 0 aromatic heterocycles. The minimum absolute atomic E-state index is 0.109. The molecule has 2 aliphatic rings. The van der Waals surface area contributed by atoms with E-state index in [9.17, 15) is 13.6 Å². The van der Waals surface area contributed by atoms with Crippen molar-refractivity contribution in [2.75, 3.05) is 13.1 Å². The Labute approximate surface area is 165 Å². The van der Waals surface area contributed by atoms with Gasteiger partial charge in [-0.3, -0.25) is 9.69 Å². The molecule has 1 spiro atoms. The molecule has 0 aliphatic carbocycles. The van der Waals surface area contributed by atoms with Gasteiger partial charge in [-0.15, -0.1) is 0 Å². The second-order valence-electron chi connectivity index (χ2n) is 8.06. The number of rotatable bonds is 4. The van der Waals surface area contributed by atoms with E-state index in [-0.39, 0.29) is 17.3 Å². The first-order valence-corrected chi connectivity index (χ1v) is 10.1. The summed E-state index contributed by atoms with van der Waals surface area (Å²) in [7, 11) is 0. The van der Waals surface area contributed by atoms with E-state index < -0.39 is 5.82 Å². The van der Waals surface area contributed by atoms with E-state index >= 15 is 0 Å². The summed E-state index contributed by atoms with van der Waals surface area (Å²) in [5.74, 6) is -0.534. The smallest absolute Gasteiger partial charge is 0.223 e. The quantitative estimate of drug-likeness (QED) is 0.774. The largest absolute Gasteiger partial charge is 0.333 e. The predicted octanol–water partition coefficient (Wildman–Crippen LogP) is 4.51. The molecule has 2 aromatic rings. The van der Waals surface area contributed by atoms with Crippen LogP contribution in [0.15, 0.2) is 48.5 Å². The number of amides is 1. The summed E-state index contributed by atoms with van der Waals surface area (Å²) in [5.41, 5.74) is 1.45. The van der Waals surface area contributed by atoms with Crippen molar-refractivity contribution in [3.8, 4) is 0 Å². The Morgan fingerprint density at radius 2 is 1.75 bits per heavy atom. The third-order valence-corrected chi connectivity index (χ3v) is 6.27. The number of likely N-dealkylation sites (tertiary alicyclic amines) is 2. The van der Waals surface area contributed by atoms with Crippen LogP contribution in [0.2, 0.25) is 0 Å². The molecule has 1 amide bonds. The van der Waals surface area contributed by atoms with Gasteiger partial charge in [0.15, 0.2) is 0 Å².